The second-order valence-electron chi connectivity index (χ2n) is 6.42. The van der Waals surface area contributed by atoms with Crippen LogP contribution in [-0.4, -0.2) is 45.9 Å². The SMILES string of the molecule is CC(C)c1ccc(CSc2nnc(SCCCN3C(=O)CNC3=O)s2)cc1. The molecule has 1 aromatic carbocycles. The lowest BCUT2D eigenvalue weighted by Gasteiger charge is -2.10. The number of rotatable bonds is 9. The molecule has 0 radical (unpaired) electrons. The summed E-state index contributed by atoms with van der Waals surface area (Å²) < 4.78 is 1.88. The fraction of sp³-hybridized carbons (Fsp3) is 0.444. The second kappa shape index (κ2) is 9.57. The number of aromatic nitrogens is 2. The smallest absolute Gasteiger partial charge is 0.324 e. The van der Waals surface area contributed by atoms with Crippen molar-refractivity contribution in [3.8, 4) is 0 Å². The summed E-state index contributed by atoms with van der Waals surface area (Å²) in [6.45, 7) is 4.96. The largest absolute Gasteiger partial charge is 0.329 e. The first-order valence-electron chi connectivity index (χ1n) is 8.79. The van der Waals surface area contributed by atoms with Crippen molar-refractivity contribution in [2.24, 2.45) is 0 Å². The highest BCUT2D eigenvalue weighted by molar-refractivity contribution is 8.02. The van der Waals surface area contributed by atoms with Crippen molar-refractivity contribution in [1.29, 1.82) is 0 Å². The van der Waals surface area contributed by atoms with Gasteiger partial charge in [0.1, 0.15) is 0 Å². The molecule has 1 aliphatic heterocycles. The van der Waals surface area contributed by atoms with Gasteiger partial charge in [-0.15, -0.1) is 10.2 Å². The Bertz CT molecular complexity index is 776. The number of hydrogen-bond donors (Lipinski definition) is 1. The van der Waals surface area contributed by atoms with E-state index in [2.05, 4.69) is 53.6 Å². The van der Waals surface area contributed by atoms with E-state index in [-0.39, 0.29) is 18.5 Å². The maximum atomic E-state index is 11.5. The molecule has 27 heavy (non-hydrogen) atoms. The molecule has 1 fully saturated rings. The average Bonchev–Trinajstić information content (AvgIpc) is 3.24. The Morgan fingerprint density at radius 2 is 1.85 bits per heavy atom. The number of nitrogens with one attached hydrogen (secondary N) is 1. The molecule has 3 rings (SSSR count). The third-order valence-corrected chi connectivity index (χ3v) is 7.43. The molecule has 0 unspecified atom stereocenters. The fourth-order valence-corrected chi connectivity index (χ4v) is 5.49. The van der Waals surface area contributed by atoms with Gasteiger partial charge in [-0.1, -0.05) is 73.0 Å². The zero-order valence-corrected chi connectivity index (χ0v) is 17.8. The Morgan fingerprint density at radius 3 is 2.48 bits per heavy atom. The Labute approximate surface area is 171 Å². The highest BCUT2D eigenvalue weighted by atomic mass is 32.2. The monoisotopic (exact) mass is 422 g/mol. The van der Waals surface area contributed by atoms with Gasteiger partial charge in [-0.2, -0.15) is 0 Å². The average molecular weight is 423 g/mol. The van der Waals surface area contributed by atoms with Crippen molar-refractivity contribution in [1.82, 2.24) is 20.4 Å². The van der Waals surface area contributed by atoms with Crippen LogP contribution in [0.5, 0.6) is 0 Å². The molecule has 0 saturated carbocycles. The normalized spacial score (nSPS) is 14.3. The van der Waals surface area contributed by atoms with Crippen molar-refractivity contribution in [2.75, 3.05) is 18.8 Å². The van der Waals surface area contributed by atoms with Crippen molar-refractivity contribution in [2.45, 2.75) is 40.6 Å². The number of amides is 3. The first-order chi connectivity index (χ1) is 13.0. The molecule has 0 atom stereocenters. The van der Waals surface area contributed by atoms with E-state index in [0.717, 1.165) is 26.6 Å². The van der Waals surface area contributed by atoms with Crippen LogP contribution in [0.15, 0.2) is 32.9 Å². The minimum atomic E-state index is -0.291. The molecule has 0 aliphatic carbocycles. The summed E-state index contributed by atoms with van der Waals surface area (Å²) in [6, 6.07) is 8.44. The predicted molar refractivity (Wildman–Crippen MR) is 110 cm³/mol. The number of carbonyl (C=O) groups excluding carboxylic acids is 2. The molecule has 1 saturated heterocycles. The zero-order valence-electron chi connectivity index (χ0n) is 15.3. The lowest BCUT2D eigenvalue weighted by molar-refractivity contribution is -0.124. The molecule has 6 nitrogen and oxygen atoms in total. The number of thioether (sulfide) groups is 2. The molecule has 0 bridgehead atoms. The lowest BCUT2D eigenvalue weighted by Crippen LogP contribution is -2.32. The van der Waals surface area contributed by atoms with E-state index in [9.17, 15) is 9.59 Å². The van der Waals surface area contributed by atoms with E-state index >= 15 is 0 Å². The Hall–Kier alpha value is -1.58. The molecule has 3 amide bonds. The molecular weight excluding hydrogens is 400 g/mol. The number of urea groups is 1. The van der Waals surface area contributed by atoms with Crippen molar-refractivity contribution in [3.05, 3.63) is 35.4 Å². The van der Waals surface area contributed by atoms with Crippen LogP contribution < -0.4 is 5.32 Å². The maximum absolute atomic E-state index is 11.5. The Kier molecular flexibility index (Phi) is 7.14. The van der Waals surface area contributed by atoms with Crippen LogP contribution in [0.2, 0.25) is 0 Å². The van der Waals surface area contributed by atoms with Gasteiger partial charge < -0.3 is 5.32 Å². The van der Waals surface area contributed by atoms with Crippen LogP contribution in [0.25, 0.3) is 0 Å². The quantitative estimate of drug-likeness (QED) is 0.374. The van der Waals surface area contributed by atoms with Crippen molar-refractivity contribution in [3.63, 3.8) is 0 Å². The first kappa shape index (κ1) is 20.2. The summed E-state index contributed by atoms with van der Waals surface area (Å²) in [5.74, 6) is 2.07. The van der Waals surface area contributed by atoms with Crippen LogP contribution in [0.1, 0.15) is 37.3 Å². The topological polar surface area (TPSA) is 75.2 Å². The van der Waals surface area contributed by atoms with Crippen molar-refractivity contribution >= 4 is 46.8 Å². The van der Waals surface area contributed by atoms with Gasteiger partial charge in [-0.25, -0.2) is 4.79 Å². The predicted octanol–water partition coefficient (Wildman–Crippen LogP) is 3.99. The van der Waals surface area contributed by atoms with Gasteiger partial charge in [0.25, 0.3) is 0 Å². The number of imide groups is 1. The third kappa shape index (κ3) is 5.70. The third-order valence-electron chi connectivity index (χ3n) is 4.09. The molecule has 1 aromatic heterocycles. The van der Waals surface area contributed by atoms with E-state index < -0.39 is 0 Å². The summed E-state index contributed by atoms with van der Waals surface area (Å²) >= 11 is 4.90. The first-order valence-corrected chi connectivity index (χ1v) is 11.6. The fourth-order valence-electron chi connectivity index (χ4n) is 2.52. The number of carbonyl (C=O) groups is 2. The van der Waals surface area contributed by atoms with E-state index in [1.165, 1.54) is 16.0 Å². The highest BCUT2D eigenvalue weighted by Gasteiger charge is 2.27. The summed E-state index contributed by atoms with van der Waals surface area (Å²) in [5.41, 5.74) is 2.63. The van der Waals surface area contributed by atoms with Gasteiger partial charge in [-0.05, 0) is 23.5 Å². The summed E-state index contributed by atoms with van der Waals surface area (Å²) in [7, 11) is 0. The van der Waals surface area contributed by atoms with Crippen molar-refractivity contribution < 1.29 is 9.59 Å². The molecule has 2 aromatic rings. The van der Waals surface area contributed by atoms with Crippen LogP contribution in [0, 0.1) is 0 Å². The molecule has 9 heteroatoms. The van der Waals surface area contributed by atoms with Gasteiger partial charge >= 0.3 is 6.03 Å². The van der Waals surface area contributed by atoms with Gasteiger partial charge in [0.15, 0.2) is 8.68 Å². The molecule has 0 spiro atoms. The molecular formula is C18H22N4O2S3. The minimum absolute atomic E-state index is 0.114. The summed E-state index contributed by atoms with van der Waals surface area (Å²) in [5, 5.41) is 11.0. The highest BCUT2D eigenvalue weighted by Crippen LogP contribution is 2.31. The maximum Gasteiger partial charge on any atom is 0.324 e. The van der Waals surface area contributed by atoms with Gasteiger partial charge in [0, 0.05) is 18.1 Å². The standard InChI is InChI=1S/C18H22N4O2S3/c1-12(2)14-6-4-13(5-7-14)11-26-18-21-20-17(27-18)25-9-3-8-22-15(23)10-19-16(22)24/h4-7,12H,3,8-11H2,1-2H3,(H,19,24). The van der Waals surface area contributed by atoms with Crippen LogP contribution in [0.4, 0.5) is 4.79 Å². The number of benzene rings is 1. The number of hydrogen-bond acceptors (Lipinski definition) is 7. The van der Waals surface area contributed by atoms with Gasteiger partial charge in [-0.3, -0.25) is 9.69 Å². The van der Waals surface area contributed by atoms with Gasteiger partial charge in [0.2, 0.25) is 5.91 Å². The van der Waals surface area contributed by atoms with Crippen LogP contribution in [-0.2, 0) is 10.5 Å². The summed E-state index contributed by atoms with van der Waals surface area (Å²) in [4.78, 5) is 24.2. The van der Waals surface area contributed by atoms with Gasteiger partial charge in [0.05, 0.1) is 6.54 Å². The zero-order chi connectivity index (χ0) is 19.2. The number of nitrogens with zero attached hydrogens (tertiary/aromatic N) is 3. The molecule has 144 valence electrons. The van der Waals surface area contributed by atoms with E-state index in [0.29, 0.717) is 12.5 Å². The molecule has 1 aliphatic rings. The molecule has 2 heterocycles. The minimum Gasteiger partial charge on any atom is -0.329 e. The van der Waals surface area contributed by atoms with E-state index in [1.807, 2.05) is 0 Å². The van der Waals surface area contributed by atoms with E-state index in [4.69, 9.17) is 0 Å². The lowest BCUT2D eigenvalue weighted by atomic mass is 10.0. The van der Waals surface area contributed by atoms with Crippen LogP contribution in [0.3, 0.4) is 0 Å². The van der Waals surface area contributed by atoms with Crippen LogP contribution >= 0.6 is 34.9 Å². The second-order valence-corrected chi connectivity index (χ2v) is 9.97. The Morgan fingerprint density at radius 1 is 1.15 bits per heavy atom. The molecule has 1 N–H and O–H groups in total. The van der Waals surface area contributed by atoms with E-state index in [1.54, 1.807) is 34.9 Å². The summed E-state index contributed by atoms with van der Waals surface area (Å²) in [6.07, 6.45) is 0.744. The Balaban J connectivity index is 1.39.